The van der Waals surface area contributed by atoms with Gasteiger partial charge in [-0.1, -0.05) is 12.1 Å². The number of aromatic nitrogens is 1. The number of nitrogens with zero attached hydrogens (tertiary/aromatic N) is 1. The summed E-state index contributed by atoms with van der Waals surface area (Å²) in [6.07, 6.45) is 3.30. The summed E-state index contributed by atoms with van der Waals surface area (Å²) >= 11 is 1.70. The zero-order valence-corrected chi connectivity index (χ0v) is 16.1. The highest BCUT2D eigenvalue weighted by atomic mass is 32.1. The van der Waals surface area contributed by atoms with Gasteiger partial charge in [-0.15, -0.1) is 11.3 Å². The molecule has 5 nitrogen and oxygen atoms in total. The van der Waals surface area contributed by atoms with Gasteiger partial charge in [-0.05, 0) is 47.0 Å². The van der Waals surface area contributed by atoms with Crippen molar-refractivity contribution in [1.29, 1.82) is 0 Å². The minimum Gasteiger partial charge on any atom is -0.379 e. The van der Waals surface area contributed by atoms with Crippen LogP contribution in [-0.4, -0.2) is 41.6 Å². The zero-order chi connectivity index (χ0) is 18.5. The number of aromatic amines is 1. The summed E-state index contributed by atoms with van der Waals surface area (Å²) < 4.78 is 5.50. The molecule has 0 saturated carbocycles. The molecule has 1 atom stereocenters. The first kappa shape index (κ1) is 18.2. The van der Waals surface area contributed by atoms with Crippen LogP contribution < -0.4 is 5.32 Å². The number of hydrogen-bond acceptors (Lipinski definition) is 4. The summed E-state index contributed by atoms with van der Waals surface area (Å²) in [5.74, 6) is 0.199. The van der Waals surface area contributed by atoms with Crippen molar-refractivity contribution in [1.82, 2.24) is 15.2 Å². The predicted molar refractivity (Wildman–Crippen MR) is 109 cm³/mol. The fourth-order valence-electron chi connectivity index (χ4n) is 3.51. The quantitative estimate of drug-likeness (QED) is 0.656. The van der Waals surface area contributed by atoms with Crippen molar-refractivity contribution in [2.45, 2.75) is 32.0 Å². The summed E-state index contributed by atoms with van der Waals surface area (Å²) in [6, 6.07) is 12.8. The monoisotopic (exact) mass is 383 g/mol. The van der Waals surface area contributed by atoms with Gasteiger partial charge in [-0.25, -0.2) is 0 Å². The number of rotatable bonds is 7. The Hall–Kier alpha value is -2.15. The lowest BCUT2D eigenvalue weighted by Gasteiger charge is -2.26. The predicted octanol–water partition coefficient (Wildman–Crippen LogP) is 3.53. The Morgan fingerprint density at radius 2 is 2.22 bits per heavy atom. The minimum absolute atomic E-state index is 0.199. The van der Waals surface area contributed by atoms with Gasteiger partial charge in [0.25, 0.3) is 0 Å². The van der Waals surface area contributed by atoms with E-state index < -0.39 is 0 Å². The largest absolute Gasteiger partial charge is 0.379 e. The molecule has 6 heteroatoms. The number of fused-ring (bicyclic) bond motifs is 1. The molecule has 1 fully saturated rings. The van der Waals surface area contributed by atoms with Gasteiger partial charge in [0.1, 0.15) is 0 Å². The number of amides is 1. The number of ether oxygens (including phenoxy) is 1. The van der Waals surface area contributed by atoms with Crippen LogP contribution in [-0.2, 0) is 22.6 Å². The van der Waals surface area contributed by atoms with Crippen LogP contribution >= 0.6 is 11.3 Å². The van der Waals surface area contributed by atoms with Crippen LogP contribution in [0.2, 0.25) is 0 Å². The highest BCUT2D eigenvalue weighted by Gasteiger charge is 2.19. The molecule has 2 aromatic heterocycles. The van der Waals surface area contributed by atoms with E-state index in [2.05, 4.69) is 46.0 Å². The third kappa shape index (κ3) is 4.77. The van der Waals surface area contributed by atoms with Gasteiger partial charge in [0, 0.05) is 42.1 Å². The van der Waals surface area contributed by atoms with Crippen LogP contribution in [0.5, 0.6) is 0 Å². The maximum atomic E-state index is 13.0. The summed E-state index contributed by atoms with van der Waals surface area (Å²) in [6.45, 7) is 3.62. The summed E-state index contributed by atoms with van der Waals surface area (Å²) in [7, 11) is 0. The van der Waals surface area contributed by atoms with E-state index in [1.54, 1.807) is 11.3 Å². The van der Waals surface area contributed by atoms with Crippen LogP contribution in [0.3, 0.4) is 0 Å². The summed E-state index contributed by atoms with van der Waals surface area (Å²) in [4.78, 5) is 19.4. The molecule has 1 unspecified atom stereocenters. The van der Waals surface area contributed by atoms with E-state index >= 15 is 0 Å². The van der Waals surface area contributed by atoms with Crippen molar-refractivity contribution in [3.63, 3.8) is 0 Å². The molecule has 4 rings (SSSR count). The van der Waals surface area contributed by atoms with Crippen molar-refractivity contribution < 1.29 is 9.53 Å². The smallest absolute Gasteiger partial charge is 0.223 e. The van der Waals surface area contributed by atoms with Crippen LogP contribution in [0.15, 0.2) is 48.0 Å². The maximum absolute atomic E-state index is 13.0. The van der Waals surface area contributed by atoms with Crippen molar-refractivity contribution in [3.8, 4) is 0 Å². The molecular weight excluding hydrogens is 358 g/mol. The lowest BCUT2D eigenvalue weighted by Crippen LogP contribution is -2.42. The number of carbonyl (C=O) groups excluding carboxylic acids is 1. The first-order valence-electron chi connectivity index (χ1n) is 9.45. The number of nitrogens with one attached hydrogen (secondary N) is 2. The molecule has 1 saturated heterocycles. The molecule has 0 radical (unpaired) electrons. The van der Waals surface area contributed by atoms with Gasteiger partial charge in [0.15, 0.2) is 0 Å². The molecule has 2 N–H and O–H groups in total. The highest BCUT2D eigenvalue weighted by molar-refractivity contribution is 7.09. The third-order valence-electron chi connectivity index (χ3n) is 4.98. The number of morpholine rings is 1. The van der Waals surface area contributed by atoms with E-state index in [1.807, 2.05) is 17.2 Å². The van der Waals surface area contributed by atoms with Crippen molar-refractivity contribution in [2.24, 2.45) is 0 Å². The molecule has 3 aromatic rings. The van der Waals surface area contributed by atoms with E-state index in [-0.39, 0.29) is 11.9 Å². The van der Waals surface area contributed by atoms with Crippen molar-refractivity contribution in [3.05, 3.63) is 58.4 Å². The molecule has 0 aliphatic carbocycles. The Bertz CT molecular complexity index is 869. The minimum atomic E-state index is 0.199. The van der Waals surface area contributed by atoms with Gasteiger partial charge in [-0.3, -0.25) is 4.79 Å². The fraction of sp³-hybridized carbons (Fsp3) is 0.381. The van der Waals surface area contributed by atoms with Crippen molar-refractivity contribution >= 4 is 28.1 Å². The molecule has 142 valence electrons. The van der Waals surface area contributed by atoms with E-state index in [0.717, 1.165) is 30.7 Å². The molecule has 1 aliphatic rings. The Balaban J connectivity index is 1.44. The first-order valence-corrected chi connectivity index (χ1v) is 10.3. The number of hydrogen-bond donors (Lipinski definition) is 2. The molecule has 1 aromatic carbocycles. The Morgan fingerprint density at radius 1 is 1.26 bits per heavy atom. The molecule has 1 aliphatic heterocycles. The zero-order valence-electron chi connectivity index (χ0n) is 15.3. The van der Waals surface area contributed by atoms with E-state index in [4.69, 9.17) is 4.74 Å². The Labute approximate surface area is 163 Å². The van der Waals surface area contributed by atoms with Gasteiger partial charge < -0.3 is 19.9 Å². The first-order chi connectivity index (χ1) is 13.3. The SMILES string of the molecule is O=C(CCC1COCCN1)N(Cc1ccc2[nH]ccc2c1)Cc1cccs1. The standard InChI is InChI=1S/C21H25N3O2S/c25-21(6-4-18-15-26-10-9-22-18)24(14-19-2-1-11-27-19)13-16-3-5-20-17(12-16)7-8-23-20/h1-3,5,7-8,11-12,18,22-23H,4,6,9-10,13-15H2. The third-order valence-corrected chi connectivity index (χ3v) is 5.84. The number of benzene rings is 1. The van der Waals surface area contributed by atoms with Gasteiger partial charge in [-0.2, -0.15) is 0 Å². The topological polar surface area (TPSA) is 57.4 Å². The van der Waals surface area contributed by atoms with Crippen LogP contribution in [0.1, 0.15) is 23.3 Å². The van der Waals surface area contributed by atoms with E-state index in [0.29, 0.717) is 26.1 Å². The second kappa shape index (κ2) is 8.69. The second-order valence-electron chi connectivity index (χ2n) is 6.99. The average molecular weight is 384 g/mol. The Kier molecular flexibility index (Phi) is 5.87. The number of carbonyl (C=O) groups is 1. The second-order valence-corrected chi connectivity index (χ2v) is 8.03. The molecule has 0 spiro atoms. The van der Waals surface area contributed by atoms with Crippen LogP contribution in [0, 0.1) is 0 Å². The molecule has 0 bridgehead atoms. The number of H-pyrrole nitrogens is 1. The highest BCUT2D eigenvalue weighted by Crippen LogP contribution is 2.19. The van der Waals surface area contributed by atoms with E-state index in [1.165, 1.54) is 10.3 Å². The molecule has 3 heterocycles. The molecule has 27 heavy (non-hydrogen) atoms. The lowest BCUT2D eigenvalue weighted by atomic mass is 10.1. The number of thiophene rings is 1. The van der Waals surface area contributed by atoms with E-state index in [9.17, 15) is 4.79 Å². The lowest BCUT2D eigenvalue weighted by molar-refractivity contribution is -0.132. The molecular formula is C21H25N3O2S. The van der Waals surface area contributed by atoms with Crippen LogP contribution in [0.4, 0.5) is 0 Å². The summed E-state index contributed by atoms with van der Waals surface area (Å²) in [5.41, 5.74) is 2.28. The Morgan fingerprint density at radius 3 is 3.04 bits per heavy atom. The average Bonchev–Trinajstić information content (AvgIpc) is 3.37. The summed E-state index contributed by atoms with van der Waals surface area (Å²) in [5, 5.41) is 6.67. The fourth-order valence-corrected chi connectivity index (χ4v) is 4.22. The maximum Gasteiger partial charge on any atom is 0.223 e. The van der Waals surface area contributed by atoms with Gasteiger partial charge >= 0.3 is 0 Å². The van der Waals surface area contributed by atoms with Crippen LogP contribution in [0.25, 0.3) is 10.9 Å². The van der Waals surface area contributed by atoms with Crippen molar-refractivity contribution in [2.75, 3.05) is 19.8 Å². The van der Waals surface area contributed by atoms with Gasteiger partial charge in [0.05, 0.1) is 19.8 Å². The normalized spacial score (nSPS) is 17.3. The molecule has 1 amide bonds. The van der Waals surface area contributed by atoms with Gasteiger partial charge in [0.2, 0.25) is 5.91 Å².